The van der Waals surface area contributed by atoms with E-state index in [1.165, 1.54) is 199 Å². The summed E-state index contributed by atoms with van der Waals surface area (Å²) < 4.78 is 0. The lowest BCUT2D eigenvalue weighted by molar-refractivity contribution is -0.123. The Bertz CT molecular complexity index is 720. The monoisotopic (exact) mass is 704 g/mol. The molecule has 3 N–H and O–H groups in total. The van der Waals surface area contributed by atoms with Crippen LogP contribution in [-0.2, 0) is 4.79 Å². The normalized spacial score (nSPS) is 13.1. The molecule has 0 aliphatic carbocycles. The summed E-state index contributed by atoms with van der Waals surface area (Å²) in [7, 11) is 0. The molecule has 0 aliphatic heterocycles. The number of unbranched alkanes of at least 4 members (excludes halogenated alkanes) is 32. The second-order valence-electron chi connectivity index (χ2n) is 15.5. The van der Waals surface area contributed by atoms with Gasteiger partial charge in [0.25, 0.3) is 0 Å². The van der Waals surface area contributed by atoms with E-state index in [1.807, 2.05) is 6.08 Å². The number of rotatable bonds is 41. The number of carbonyl (C=O) groups is 1. The van der Waals surface area contributed by atoms with Crippen molar-refractivity contribution < 1.29 is 15.0 Å². The predicted molar refractivity (Wildman–Crippen MR) is 221 cm³/mol. The highest BCUT2D eigenvalue weighted by molar-refractivity contribution is 5.76. The average Bonchev–Trinajstić information content (AvgIpc) is 3.12. The van der Waals surface area contributed by atoms with Gasteiger partial charge in [0.15, 0.2) is 0 Å². The van der Waals surface area contributed by atoms with Crippen LogP contribution < -0.4 is 5.32 Å². The topological polar surface area (TPSA) is 69.6 Å². The molecule has 0 aromatic heterocycles. The molecule has 0 aromatic rings. The van der Waals surface area contributed by atoms with Crippen molar-refractivity contribution in [3.05, 3.63) is 24.3 Å². The van der Waals surface area contributed by atoms with Gasteiger partial charge < -0.3 is 15.5 Å². The second-order valence-corrected chi connectivity index (χ2v) is 15.5. The van der Waals surface area contributed by atoms with E-state index in [1.54, 1.807) is 6.08 Å². The fraction of sp³-hybridized carbons (Fsp3) is 0.891. The lowest BCUT2D eigenvalue weighted by Gasteiger charge is -2.20. The Kier molecular flexibility index (Phi) is 41.3. The van der Waals surface area contributed by atoms with E-state index in [9.17, 15) is 15.0 Å². The number of hydrogen-bond acceptors (Lipinski definition) is 3. The summed E-state index contributed by atoms with van der Waals surface area (Å²) in [4.78, 5) is 12.3. The maximum atomic E-state index is 12.3. The number of carbonyl (C=O) groups excluding carboxylic acids is 1. The molecular weight excluding hydrogens is 615 g/mol. The first-order valence-corrected chi connectivity index (χ1v) is 22.6. The third-order valence-corrected chi connectivity index (χ3v) is 10.4. The molecule has 1 amide bonds. The molecule has 0 aliphatic rings. The molecule has 0 fully saturated rings. The number of nitrogens with one attached hydrogen (secondary N) is 1. The van der Waals surface area contributed by atoms with Crippen molar-refractivity contribution in [2.75, 3.05) is 6.61 Å². The Balaban J connectivity index is 3.37. The van der Waals surface area contributed by atoms with Crippen LogP contribution in [0.1, 0.15) is 245 Å². The lowest BCUT2D eigenvalue weighted by atomic mass is 10.0. The van der Waals surface area contributed by atoms with Crippen molar-refractivity contribution in [3.63, 3.8) is 0 Å². The van der Waals surface area contributed by atoms with E-state index >= 15 is 0 Å². The molecule has 0 radical (unpaired) electrons. The van der Waals surface area contributed by atoms with Gasteiger partial charge in [-0.25, -0.2) is 0 Å². The zero-order chi connectivity index (χ0) is 36.4. The fourth-order valence-corrected chi connectivity index (χ4v) is 6.94. The molecule has 0 saturated carbocycles. The van der Waals surface area contributed by atoms with Gasteiger partial charge in [0, 0.05) is 6.42 Å². The Hall–Kier alpha value is -1.13. The number of amides is 1. The van der Waals surface area contributed by atoms with Gasteiger partial charge in [-0.05, 0) is 44.9 Å². The highest BCUT2D eigenvalue weighted by Crippen LogP contribution is 2.16. The van der Waals surface area contributed by atoms with Crippen molar-refractivity contribution in [1.29, 1.82) is 0 Å². The third-order valence-electron chi connectivity index (χ3n) is 10.4. The molecule has 2 atom stereocenters. The first-order chi connectivity index (χ1) is 24.7. The highest BCUT2D eigenvalue weighted by Gasteiger charge is 2.17. The van der Waals surface area contributed by atoms with Gasteiger partial charge in [-0.2, -0.15) is 0 Å². The van der Waals surface area contributed by atoms with Crippen LogP contribution in [0.3, 0.4) is 0 Å². The van der Waals surface area contributed by atoms with Gasteiger partial charge in [-0.1, -0.05) is 218 Å². The van der Waals surface area contributed by atoms with Crippen molar-refractivity contribution in [2.45, 2.75) is 257 Å². The van der Waals surface area contributed by atoms with Gasteiger partial charge in [0.2, 0.25) is 5.91 Å². The number of hydrogen-bond donors (Lipinski definition) is 3. The van der Waals surface area contributed by atoms with Crippen LogP contribution in [0.15, 0.2) is 24.3 Å². The SMILES string of the molecule is CCCCCCC/C=C/C(O)C(CO)NC(=O)CCCCCCCCCCCCCCCCCCCCC/C=C\CCCCCCCCCC. The second kappa shape index (κ2) is 42.3. The van der Waals surface area contributed by atoms with E-state index < -0.39 is 12.1 Å². The maximum Gasteiger partial charge on any atom is 0.220 e. The first-order valence-electron chi connectivity index (χ1n) is 22.6. The van der Waals surface area contributed by atoms with Crippen LogP contribution >= 0.6 is 0 Å². The van der Waals surface area contributed by atoms with Crippen molar-refractivity contribution in [2.24, 2.45) is 0 Å². The molecule has 0 aromatic carbocycles. The van der Waals surface area contributed by atoms with Crippen LogP contribution in [0.5, 0.6) is 0 Å². The van der Waals surface area contributed by atoms with Crippen LogP contribution in [0.2, 0.25) is 0 Å². The van der Waals surface area contributed by atoms with E-state index in [0.29, 0.717) is 6.42 Å². The van der Waals surface area contributed by atoms with Crippen molar-refractivity contribution in [1.82, 2.24) is 5.32 Å². The zero-order valence-electron chi connectivity index (χ0n) is 33.9. The van der Waals surface area contributed by atoms with E-state index in [0.717, 1.165) is 25.7 Å². The highest BCUT2D eigenvalue weighted by atomic mass is 16.3. The van der Waals surface area contributed by atoms with E-state index in [-0.39, 0.29) is 12.5 Å². The minimum absolute atomic E-state index is 0.0653. The summed E-state index contributed by atoms with van der Waals surface area (Å²) in [6.45, 7) is 4.26. The molecule has 0 saturated heterocycles. The summed E-state index contributed by atoms with van der Waals surface area (Å²) in [6, 6.07) is -0.615. The van der Waals surface area contributed by atoms with Crippen LogP contribution in [0, 0.1) is 0 Å². The fourth-order valence-electron chi connectivity index (χ4n) is 6.94. The molecule has 0 spiro atoms. The average molecular weight is 704 g/mol. The Morgan fingerprint density at radius 3 is 1.10 bits per heavy atom. The van der Waals surface area contributed by atoms with Crippen LogP contribution in [0.25, 0.3) is 0 Å². The van der Waals surface area contributed by atoms with Gasteiger partial charge in [0.05, 0.1) is 18.8 Å². The third kappa shape index (κ3) is 38.1. The summed E-state index contributed by atoms with van der Waals surface area (Å²) in [5.74, 6) is -0.0653. The number of allylic oxidation sites excluding steroid dienone is 3. The van der Waals surface area contributed by atoms with Gasteiger partial charge >= 0.3 is 0 Å². The smallest absolute Gasteiger partial charge is 0.220 e. The lowest BCUT2D eigenvalue weighted by Crippen LogP contribution is -2.45. The van der Waals surface area contributed by atoms with Gasteiger partial charge in [-0.15, -0.1) is 0 Å². The van der Waals surface area contributed by atoms with Gasteiger partial charge in [-0.3, -0.25) is 4.79 Å². The molecule has 296 valence electrons. The molecule has 4 nitrogen and oxygen atoms in total. The standard InChI is InChI=1S/C46H89NO3/c1-3-5-7-9-11-12-13-14-15-16-17-18-19-20-21-22-23-24-25-26-27-28-29-30-31-32-33-34-36-38-40-42-46(50)47-44(43-48)45(49)41-39-37-35-10-8-6-4-2/h16-17,39,41,44-45,48-49H,3-15,18-38,40,42-43H2,1-2H3,(H,47,50)/b17-16-,41-39+. The molecule has 0 heterocycles. The Labute approximate surface area is 313 Å². The molecule has 2 unspecified atom stereocenters. The quantitative estimate of drug-likeness (QED) is 0.0438. The zero-order valence-corrected chi connectivity index (χ0v) is 33.9. The van der Waals surface area contributed by atoms with Crippen LogP contribution in [-0.4, -0.2) is 34.9 Å². The summed E-state index contributed by atoms with van der Waals surface area (Å²) in [6.07, 6.45) is 54.7. The van der Waals surface area contributed by atoms with Crippen LogP contribution in [0.4, 0.5) is 0 Å². The molecule has 4 heteroatoms. The van der Waals surface area contributed by atoms with E-state index in [2.05, 4.69) is 31.3 Å². The molecule has 0 bridgehead atoms. The van der Waals surface area contributed by atoms with Crippen molar-refractivity contribution in [3.8, 4) is 0 Å². The Morgan fingerprint density at radius 2 is 0.760 bits per heavy atom. The number of aliphatic hydroxyl groups is 2. The largest absolute Gasteiger partial charge is 0.394 e. The first kappa shape index (κ1) is 48.9. The number of aliphatic hydroxyl groups excluding tert-OH is 2. The minimum atomic E-state index is -0.832. The minimum Gasteiger partial charge on any atom is -0.394 e. The molecular formula is C46H89NO3. The summed E-state index contributed by atoms with van der Waals surface area (Å²) in [5.41, 5.74) is 0. The van der Waals surface area contributed by atoms with Crippen molar-refractivity contribution >= 4 is 5.91 Å². The summed E-state index contributed by atoms with van der Waals surface area (Å²) in [5, 5.41) is 22.8. The van der Waals surface area contributed by atoms with E-state index in [4.69, 9.17) is 0 Å². The predicted octanol–water partition coefficient (Wildman–Crippen LogP) is 14.0. The van der Waals surface area contributed by atoms with Gasteiger partial charge in [0.1, 0.15) is 0 Å². The Morgan fingerprint density at radius 1 is 0.460 bits per heavy atom. The maximum absolute atomic E-state index is 12.3. The summed E-state index contributed by atoms with van der Waals surface area (Å²) >= 11 is 0. The molecule has 50 heavy (non-hydrogen) atoms. The molecule has 0 rings (SSSR count).